The summed E-state index contributed by atoms with van der Waals surface area (Å²) in [5.74, 6) is 0.0944. The maximum Gasteiger partial charge on any atom is 0.319 e. The smallest absolute Gasteiger partial charge is 0.319 e. The molecule has 29 heavy (non-hydrogen) atoms. The van der Waals surface area contributed by atoms with Crippen molar-refractivity contribution in [3.05, 3.63) is 29.3 Å². The van der Waals surface area contributed by atoms with Crippen LogP contribution in [0.3, 0.4) is 0 Å². The van der Waals surface area contributed by atoms with E-state index in [0.717, 1.165) is 31.4 Å². The van der Waals surface area contributed by atoms with Gasteiger partial charge in [0.15, 0.2) is 0 Å². The first-order valence-corrected chi connectivity index (χ1v) is 10.7. The topological polar surface area (TPSA) is 90.5 Å². The molecule has 1 heterocycles. The molecule has 4 amide bonds. The third-order valence-corrected chi connectivity index (χ3v) is 5.72. The van der Waals surface area contributed by atoms with Crippen LogP contribution in [0, 0.1) is 6.92 Å². The second-order valence-corrected chi connectivity index (χ2v) is 8.28. The second-order valence-electron chi connectivity index (χ2n) is 8.28. The van der Waals surface area contributed by atoms with Crippen molar-refractivity contribution in [2.45, 2.75) is 70.9 Å². The minimum absolute atomic E-state index is 0.0556. The normalized spacial score (nSPS) is 18.4. The largest absolute Gasteiger partial charge is 0.349 e. The average molecular weight is 401 g/mol. The summed E-state index contributed by atoms with van der Waals surface area (Å²) in [6, 6.07) is 5.13. The fourth-order valence-corrected chi connectivity index (χ4v) is 4.12. The van der Waals surface area contributed by atoms with Gasteiger partial charge in [0.05, 0.1) is 0 Å². The number of rotatable bonds is 6. The fourth-order valence-electron chi connectivity index (χ4n) is 4.12. The number of amides is 4. The maximum absolute atomic E-state index is 12.5. The first-order valence-electron chi connectivity index (χ1n) is 10.7. The number of hydrogen-bond acceptors (Lipinski definition) is 3. The zero-order chi connectivity index (χ0) is 20.8. The molecule has 0 spiro atoms. The van der Waals surface area contributed by atoms with E-state index < -0.39 is 0 Å². The third kappa shape index (κ3) is 5.95. The van der Waals surface area contributed by atoms with E-state index in [2.05, 4.69) is 16.0 Å². The zero-order valence-electron chi connectivity index (χ0n) is 17.4. The Labute approximate surface area is 172 Å². The van der Waals surface area contributed by atoms with Crippen LogP contribution in [0.5, 0.6) is 0 Å². The molecule has 3 N–H and O–H groups in total. The number of carbonyl (C=O) groups is 3. The molecule has 7 nitrogen and oxygen atoms in total. The number of urea groups is 1. The first-order chi connectivity index (χ1) is 13.9. The summed E-state index contributed by atoms with van der Waals surface area (Å²) in [5, 5.41) is 8.83. The van der Waals surface area contributed by atoms with Gasteiger partial charge in [-0.1, -0.05) is 19.3 Å². The summed E-state index contributed by atoms with van der Waals surface area (Å²) in [4.78, 5) is 38.3. The van der Waals surface area contributed by atoms with Gasteiger partial charge in [0, 0.05) is 42.8 Å². The Bertz CT molecular complexity index is 758. The number of nitrogens with one attached hydrogen (secondary N) is 3. The molecule has 1 aromatic rings. The molecule has 1 atom stereocenters. The Morgan fingerprint density at radius 1 is 1.17 bits per heavy atom. The molecule has 1 saturated carbocycles. The van der Waals surface area contributed by atoms with Crippen LogP contribution in [0.2, 0.25) is 0 Å². The molecule has 1 aromatic carbocycles. The SMILES string of the molecule is Cc1cc(C(=O)NC2CCCCC2)ccc1NC(=O)N[C@@H](C)CN1CCCC1=O. The highest BCUT2D eigenvalue weighted by atomic mass is 16.2. The minimum Gasteiger partial charge on any atom is -0.349 e. The van der Waals surface area contributed by atoms with Gasteiger partial charge in [-0.15, -0.1) is 0 Å². The molecule has 1 saturated heterocycles. The summed E-state index contributed by atoms with van der Waals surface area (Å²) >= 11 is 0. The van der Waals surface area contributed by atoms with Crippen molar-refractivity contribution in [3.63, 3.8) is 0 Å². The monoisotopic (exact) mass is 400 g/mol. The Balaban J connectivity index is 1.50. The maximum atomic E-state index is 12.5. The van der Waals surface area contributed by atoms with Gasteiger partial charge in [0.25, 0.3) is 5.91 Å². The summed E-state index contributed by atoms with van der Waals surface area (Å²) in [5.41, 5.74) is 2.11. The Morgan fingerprint density at radius 3 is 2.59 bits per heavy atom. The number of likely N-dealkylation sites (tertiary alicyclic amines) is 1. The summed E-state index contributed by atoms with van der Waals surface area (Å²) < 4.78 is 0. The van der Waals surface area contributed by atoms with Crippen molar-refractivity contribution < 1.29 is 14.4 Å². The Hall–Kier alpha value is -2.57. The van der Waals surface area contributed by atoms with Gasteiger partial charge in [0.1, 0.15) is 0 Å². The van der Waals surface area contributed by atoms with Gasteiger partial charge < -0.3 is 20.9 Å². The molecule has 0 aromatic heterocycles. The van der Waals surface area contributed by atoms with Crippen molar-refractivity contribution >= 4 is 23.5 Å². The lowest BCUT2D eigenvalue weighted by molar-refractivity contribution is -0.127. The fraction of sp³-hybridized carbons (Fsp3) is 0.591. The van der Waals surface area contributed by atoms with Crippen LogP contribution in [0.4, 0.5) is 10.5 Å². The van der Waals surface area contributed by atoms with E-state index in [1.165, 1.54) is 19.3 Å². The van der Waals surface area contributed by atoms with Crippen molar-refractivity contribution in [3.8, 4) is 0 Å². The van der Waals surface area contributed by atoms with Gasteiger partial charge in [-0.3, -0.25) is 9.59 Å². The van der Waals surface area contributed by atoms with Gasteiger partial charge in [0.2, 0.25) is 5.91 Å². The van der Waals surface area contributed by atoms with Gasteiger partial charge in [-0.05, 0) is 56.9 Å². The van der Waals surface area contributed by atoms with E-state index in [4.69, 9.17) is 0 Å². The van der Waals surface area contributed by atoms with Crippen LogP contribution in [-0.4, -0.2) is 47.9 Å². The lowest BCUT2D eigenvalue weighted by atomic mass is 9.95. The van der Waals surface area contributed by atoms with Gasteiger partial charge in [-0.25, -0.2) is 4.79 Å². The predicted octanol–water partition coefficient (Wildman–Crippen LogP) is 3.19. The summed E-state index contributed by atoms with van der Waals surface area (Å²) in [6.07, 6.45) is 7.17. The lowest BCUT2D eigenvalue weighted by Gasteiger charge is -2.23. The minimum atomic E-state index is -0.313. The van der Waals surface area contributed by atoms with E-state index in [1.54, 1.807) is 23.1 Å². The van der Waals surface area contributed by atoms with Gasteiger partial charge in [-0.2, -0.15) is 0 Å². The number of hydrogen-bond donors (Lipinski definition) is 3. The van der Waals surface area contributed by atoms with Gasteiger partial charge >= 0.3 is 6.03 Å². The van der Waals surface area contributed by atoms with Crippen LogP contribution in [-0.2, 0) is 4.79 Å². The van der Waals surface area contributed by atoms with Crippen molar-refractivity contribution in [2.24, 2.45) is 0 Å². The summed E-state index contributed by atoms with van der Waals surface area (Å²) in [6.45, 7) is 5.04. The number of aryl methyl sites for hydroxylation is 1. The molecule has 0 unspecified atom stereocenters. The van der Waals surface area contributed by atoms with Crippen LogP contribution < -0.4 is 16.0 Å². The third-order valence-electron chi connectivity index (χ3n) is 5.72. The quantitative estimate of drug-likeness (QED) is 0.685. The molecule has 158 valence electrons. The highest BCUT2D eigenvalue weighted by Crippen LogP contribution is 2.20. The van der Waals surface area contributed by atoms with Crippen molar-refractivity contribution in [1.29, 1.82) is 0 Å². The molecule has 1 aliphatic carbocycles. The molecular formula is C22H32N4O3. The summed E-state index contributed by atoms with van der Waals surface area (Å²) in [7, 11) is 0. The number of anilines is 1. The van der Waals surface area contributed by atoms with Crippen LogP contribution in [0.25, 0.3) is 0 Å². The number of benzene rings is 1. The van der Waals surface area contributed by atoms with E-state index in [1.807, 2.05) is 13.8 Å². The Kier molecular flexibility index (Phi) is 7.12. The predicted molar refractivity (Wildman–Crippen MR) is 113 cm³/mol. The molecule has 0 bridgehead atoms. The molecule has 3 rings (SSSR count). The highest BCUT2D eigenvalue weighted by Gasteiger charge is 2.22. The molecule has 2 aliphatic rings. The lowest BCUT2D eigenvalue weighted by Crippen LogP contribution is -2.44. The van der Waals surface area contributed by atoms with E-state index in [0.29, 0.717) is 24.2 Å². The zero-order valence-corrected chi connectivity index (χ0v) is 17.4. The number of carbonyl (C=O) groups excluding carboxylic acids is 3. The number of nitrogens with zero attached hydrogens (tertiary/aromatic N) is 1. The standard InChI is InChI=1S/C22H32N4O3/c1-15-13-17(21(28)24-18-7-4-3-5-8-18)10-11-19(15)25-22(29)23-16(2)14-26-12-6-9-20(26)27/h10-11,13,16,18H,3-9,12,14H2,1-2H3,(H,24,28)(H2,23,25,29)/t16-/m0/s1. The molecule has 1 aliphatic heterocycles. The van der Waals surface area contributed by atoms with E-state index in [-0.39, 0.29) is 29.9 Å². The Morgan fingerprint density at radius 2 is 1.93 bits per heavy atom. The van der Waals surface area contributed by atoms with E-state index >= 15 is 0 Å². The van der Waals surface area contributed by atoms with Crippen LogP contribution >= 0.6 is 0 Å². The van der Waals surface area contributed by atoms with Crippen molar-refractivity contribution in [2.75, 3.05) is 18.4 Å². The second kappa shape index (κ2) is 9.76. The van der Waals surface area contributed by atoms with E-state index in [9.17, 15) is 14.4 Å². The molecule has 2 fully saturated rings. The van der Waals surface area contributed by atoms with Crippen molar-refractivity contribution in [1.82, 2.24) is 15.5 Å². The van der Waals surface area contributed by atoms with Crippen LogP contribution in [0.15, 0.2) is 18.2 Å². The molecule has 0 radical (unpaired) electrons. The van der Waals surface area contributed by atoms with Crippen LogP contribution in [0.1, 0.15) is 67.8 Å². The first kappa shape index (κ1) is 21.1. The average Bonchev–Trinajstić information content (AvgIpc) is 3.08. The molecule has 7 heteroatoms. The highest BCUT2D eigenvalue weighted by molar-refractivity contribution is 5.96. The molecular weight excluding hydrogens is 368 g/mol.